The molecule has 0 aromatic carbocycles. The molecule has 0 bridgehead atoms. The first-order valence-corrected chi connectivity index (χ1v) is 7.05. The maximum atomic E-state index is 11.7. The number of hydrogen-bond donors (Lipinski definition) is 0. The quantitative estimate of drug-likeness (QED) is 0.796. The van der Waals surface area contributed by atoms with Crippen LogP contribution in [0.1, 0.15) is 29.0 Å². The van der Waals surface area contributed by atoms with Crippen molar-refractivity contribution in [3.8, 4) is 0 Å². The Morgan fingerprint density at radius 3 is 2.95 bits per heavy atom. The predicted octanol–water partition coefficient (Wildman–Crippen LogP) is 1.76. The first kappa shape index (κ1) is 13.1. The molecule has 3 rings (SSSR count). The fourth-order valence-corrected chi connectivity index (χ4v) is 2.81. The van der Waals surface area contributed by atoms with E-state index in [0.29, 0.717) is 5.56 Å². The molecular formula is C15H19N3O2. The normalized spacial score (nSPS) is 15.8. The van der Waals surface area contributed by atoms with Crippen molar-refractivity contribution >= 4 is 11.5 Å². The Balaban J connectivity index is 1.83. The average Bonchev–Trinajstić information content (AvgIpc) is 3.13. The molecule has 0 amide bonds. The van der Waals surface area contributed by atoms with Crippen LogP contribution < -0.4 is 0 Å². The highest BCUT2D eigenvalue weighted by atomic mass is 16.5. The number of ether oxygens (including phenoxy) is 1. The summed E-state index contributed by atoms with van der Waals surface area (Å²) in [5.74, 6) is 0.680. The molecule has 2 aromatic heterocycles. The van der Waals surface area contributed by atoms with Crippen molar-refractivity contribution in [2.75, 3.05) is 26.7 Å². The zero-order chi connectivity index (χ0) is 13.9. The highest BCUT2D eigenvalue weighted by Crippen LogP contribution is 2.15. The molecule has 1 aliphatic rings. The number of carbonyl (C=O) groups excluding carboxylic acids is 1. The van der Waals surface area contributed by atoms with Gasteiger partial charge in [-0.05, 0) is 38.1 Å². The molecule has 1 fully saturated rings. The smallest absolute Gasteiger partial charge is 0.340 e. The average molecular weight is 273 g/mol. The molecule has 5 heteroatoms. The standard InChI is InChI=1S/C15H19N3O2/c1-20-15(19)12-5-4-9-18-13(12)11-16-14(18)6-10-17-7-2-3-8-17/h4-5,9,11H,2-3,6-8,10H2,1H3. The maximum absolute atomic E-state index is 11.7. The van der Waals surface area contributed by atoms with Gasteiger partial charge in [-0.15, -0.1) is 0 Å². The number of pyridine rings is 1. The second-order valence-electron chi connectivity index (χ2n) is 5.14. The molecule has 0 atom stereocenters. The second kappa shape index (κ2) is 5.63. The minimum Gasteiger partial charge on any atom is -0.465 e. The van der Waals surface area contributed by atoms with E-state index in [1.54, 1.807) is 12.3 Å². The van der Waals surface area contributed by atoms with Gasteiger partial charge in [0.2, 0.25) is 0 Å². The van der Waals surface area contributed by atoms with E-state index in [9.17, 15) is 4.79 Å². The molecule has 1 aliphatic heterocycles. The zero-order valence-corrected chi connectivity index (χ0v) is 11.7. The summed E-state index contributed by atoms with van der Waals surface area (Å²) in [6.07, 6.45) is 7.21. The molecule has 0 unspecified atom stereocenters. The summed E-state index contributed by atoms with van der Waals surface area (Å²) in [7, 11) is 1.40. The Morgan fingerprint density at radius 1 is 1.40 bits per heavy atom. The lowest BCUT2D eigenvalue weighted by atomic mass is 10.2. The van der Waals surface area contributed by atoms with Gasteiger partial charge in [0.15, 0.2) is 0 Å². The fourth-order valence-electron chi connectivity index (χ4n) is 2.81. The van der Waals surface area contributed by atoms with Crippen LogP contribution in [0.15, 0.2) is 24.5 Å². The minimum atomic E-state index is -0.318. The van der Waals surface area contributed by atoms with Crippen molar-refractivity contribution in [3.63, 3.8) is 0 Å². The third kappa shape index (κ3) is 2.41. The van der Waals surface area contributed by atoms with Gasteiger partial charge in [0.1, 0.15) is 5.82 Å². The van der Waals surface area contributed by atoms with E-state index < -0.39 is 0 Å². The molecule has 20 heavy (non-hydrogen) atoms. The molecule has 0 spiro atoms. The van der Waals surface area contributed by atoms with E-state index in [0.717, 1.165) is 24.3 Å². The SMILES string of the molecule is COC(=O)c1cccn2c(CCN3CCCC3)ncc12. The lowest BCUT2D eigenvalue weighted by Crippen LogP contribution is -2.22. The summed E-state index contributed by atoms with van der Waals surface area (Å²) in [6.45, 7) is 3.41. The summed E-state index contributed by atoms with van der Waals surface area (Å²) < 4.78 is 6.80. The van der Waals surface area contributed by atoms with Gasteiger partial charge in [0.25, 0.3) is 0 Å². The van der Waals surface area contributed by atoms with Crippen LogP contribution in [0.25, 0.3) is 5.52 Å². The van der Waals surface area contributed by atoms with Gasteiger partial charge >= 0.3 is 5.97 Å². The molecule has 0 radical (unpaired) electrons. The van der Waals surface area contributed by atoms with Gasteiger partial charge in [-0.1, -0.05) is 0 Å². The molecule has 106 valence electrons. The van der Waals surface area contributed by atoms with Crippen LogP contribution >= 0.6 is 0 Å². The number of methoxy groups -OCH3 is 1. The monoisotopic (exact) mass is 273 g/mol. The Hall–Kier alpha value is -1.88. The zero-order valence-electron chi connectivity index (χ0n) is 11.7. The summed E-state index contributed by atoms with van der Waals surface area (Å²) in [5, 5.41) is 0. The Kier molecular flexibility index (Phi) is 3.69. The van der Waals surface area contributed by atoms with E-state index in [4.69, 9.17) is 4.74 Å². The van der Waals surface area contributed by atoms with Crippen LogP contribution in [-0.4, -0.2) is 47.0 Å². The van der Waals surface area contributed by atoms with Crippen molar-refractivity contribution < 1.29 is 9.53 Å². The number of imidazole rings is 1. The number of carbonyl (C=O) groups is 1. The number of likely N-dealkylation sites (tertiary alicyclic amines) is 1. The maximum Gasteiger partial charge on any atom is 0.340 e. The lowest BCUT2D eigenvalue weighted by molar-refractivity contribution is 0.0602. The Bertz CT molecular complexity index is 615. The number of nitrogens with zero attached hydrogens (tertiary/aromatic N) is 3. The van der Waals surface area contributed by atoms with Crippen molar-refractivity contribution in [1.82, 2.24) is 14.3 Å². The summed E-state index contributed by atoms with van der Waals surface area (Å²) in [4.78, 5) is 18.7. The lowest BCUT2D eigenvalue weighted by Gasteiger charge is -2.13. The topological polar surface area (TPSA) is 46.8 Å². The van der Waals surface area contributed by atoms with Crippen molar-refractivity contribution in [2.45, 2.75) is 19.3 Å². The number of hydrogen-bond acceptors (Lipinski definition) is 4. The van der Waals surface area contributed by atoms with Gasteiger partial charge in [-0.3, -0.25) is 0 Å². The Morgan fingerprint density at radius 2 is 2.20 bits per heavy atom. The van der Waals surface area contributed by atoms with Gasteiger partial charge in [0.05, 0.1) is 24.4 Å². The van der Waals surface area contributed by atoms with E-state index in [1.165, 1.54) is 33.0 Å². The third-order valence-electron chi connectivity index (χ3n) is 3.90. The van der Waals surface area contributed by atoms with Crippen LogP contribution in [0.2, 0.25) is 0 Å². The molecule has 0 N–H and O–H groups in total. The first-order valence-electron chi connectivity index (χ1n) is 7.05. The van der Waals surface area contributed by atoms with Gasteiger partial charge in [-0.2, -0.15) is 0 Å². The highest BCUT2D eigenvalue weighted by Gasteiger charge is 2.15. The molecule has 1 saturated heterocycles. The predicted molar refractivity (Wildman–Crippen MR) is 75.9 cm³/mol. The largest absolute Gasteiger partial charge is 0.465 e. The van der Waals surface area contributed by atoms with Crippen LogP contribution in [0.4, 0.5) is 0 Å². The van der Waals surface area contributed by atoms with Gasteiger partial charge < -0.3 is 14.0 Å². The number of rotatable bonds is 4. The summed E-state index contributed by atoms with van der Waals surface area (Å²) in [6, 6.07) is 3.63. The molecule has 3 heterocycles. The number of esters is 1. The van der Waals surface area contributed by atoms with Crippen molar-refractivity contribution in [2.24, 2.45) is 0 Å². The minimum absolute atomic E-state index is 0.318. The van der Waals surface area contributed by atoms with Crippen LogP contribution in [0.5, 0.6) is 0 Å². The summed E-state index contributed by atoms with van der Waals surface area (Å²) in [5.41, 5.74) is 1.38. The number of aromatic nitrogens is 2. The van der Waals surface area contributed by atoms with E-state index in [1.807, 2.05) is 16.7 Å². The first-order chi connectivity index (χ1) is 9.79. The molecule has 2 aromatic rings. The van der Waals surface area contributed by atoms with Crippen molar-refractivity contribution in [3.05, 3.63) is 35.9 Å². The molecule has 5 nitrogen and oxygen atoms in total. The summed E-state index contributed by atoms with van der Waals surface area (Å²) >= 11 is 0. The van der Waals surface area contributed by atoms with Crippen LogP contribution in [0.3, 0.4) is 0 Å². The van der Waals surface area contributed by atoms with E-state index in [2.05, 4.69) is 9.88 Å². The van der Waals surface area contributed by atoms with Crippen molar-refractivity contribution in [1.29, 1.82) is 0 Å². The van der Waals surface area contributed by atoms with Gasteiger partial charge in [-0.25, -0.2) is 9.78 Å². The van der Waals surface area contributed by atoms with Crippen LogP contribution in [-0.2, 0) is 11.2 Å². The van der Waals surface area contributed by atoms with E-state index in [-0.39, 0.29) is 5.97 Å². The second-order valence-corrected chi connectivity index (χ2v) is 5.14. The number of fused-ring (bicyclic) bond motifs is 1. The highest BCUT2D eigenvalue weighted by molar-refractivity contribution is 5.96. The van der Waals surface area contributed by atoms with Crippen LogP contribution in [0, 0.1) is 0 Å². The van der Waals surface area contributed by atoms with E-state index >= 15 is 0 Å². The molecule has 0 aliphatic carbocycles. The third-order valence-corrected chi connectivity index (χ3v) is 3.90. The molecular weight excluding hydrogens is 254 g/mol. The molecule has 0 saturated carbocycles. The fraction of sp³-hybridized carbons (Fsp3) is 0.467. The van der Waals surface area contributed by atoms with Gasteiger partial charge in [0, 0.05) is 19.2 Å². The Labute approximate surface area is 118 Å².